The standard InChI is InChI=1S/C14H16ClN3O/c15-10-1-2-11-13(7-10)19-17-14(11)16-12-8-18-5-3-9(12)4-6-18/h1-2,7,9,12H,3-6,8H2,(H,16,17)/t12-/m1/s1. The van der Waals surface area contributed by atoms with Crippen LogP contribution in [-0.2, 0) is 0 Å². The molecule has 5 heteroatoms. The van der Waals surface area contributed by atoms with Crippen LogP contribution < -0.4 is 5.32 Å². The lowest BCUT2D eigenvalue weighted by atomic mass is 9.84. The number of benzene rings is 1. The van der Waals surface area contributed by atoms with Crippen molar-refractivity contribution in [1.29, 1.82) is 0 Å². The fraction of sp³-hybridized carbons (Fsp3) is 0.500. The molecular formula is C14H16ClN3O. The minimum Gasteiger partial charge on any atom is -0.362 e. The predicted octanol–water partition coefficient (Wildman–Crippen LogP) is 2.99. The third kappa shape index (κ3) is 1.99. The van der Waals surface area contributed by atoms with E-state index in [-0.39, 0.29) is 0 Å². The molecule has 0 saturated carbocycles. The lowest BCUT2D eigenvalue weighted by molar-refractivity contribution is 0.0973. The zero-order valence-electron chi connectivity index (χ0n) is 10.6. The summed E-state index contributed by atoms with van der Waals surface area (Å²) in [5.74, 6) is 1.62. The Kier molecular flexibility index (Phi) is 2.67. The summed E-state index contributed by atoms with van der Waals surface area (Å²) < 4.78 is 5.34. The summed E-state index contributed by atoms with van der Waals surface area (Å²) in [7, 11) is 0. The van der Waals surface area contributed by atoms with Crippen LogP contribution in [0.1, 0.15) is 12.8 Å². The summed E-state index contributed by atoms with van der Waals surface area (Å²) in [4.78, 5) is 2.52. The first-order valence-electron chi connectivity index (χ1n) is 6.83. The Morgan fingerprint density at radius 2 is 2.16 bits per heavy atom. The highest BCUT2D eigenvalue weighted by Crippen LogP contribution is 2.32. The van der Waals surface area contributed by atoms with Gasteiger partial charge in [-0.25, -0.2) is 0 Å². The van der Waals surface area contributed by atoms with E-state index in [1.165, 1.54) is 25.9 Å². The minimum atomic E-state index is 0.492. The monoisotopic (exact) mass is 277 g/mol. The van der Waals surface area contributed by atoms with Crippen molar-refractivity contribution in [2.45, 2.75) is 18.9 Å². The van der Waals surface area contributed by atoms with E-state index < -0.39 is 0 Å². The van der Waals surface area contributed by atoms with Crippen molar-refractivity contribution in [3.63, 3.8) is 0 Å². The van der Waals surface area contributed by atoms with Crippen LogP contribution >= 0.6 is 11.6 Å². The van der Waals surface area contributed by atoms with Crippen molar-refractivity contribution < 1.29 is 4.52 Å². The molecule has 0 spiro atoms. The lowest BCUT2D eigenvalue weighted by Gasteiger charge is -2.44. The van der Waals surface area contributed by atoms with Crippen LogP contribution in [-0.4, -0.2) is 35.7 Å². The minimum absolute atomic E-state index is 0.492. The van der Waals surface area contributed by atoms with Gasteiger partial charge in [0.2, 0.25) is 0 Å². The fourth-order valence-electron chi connectivity index (χ4n) is 3.32. The Balaban J connectivity index is 1.61. The van der Waals surface area contributed by atoms with E-state index in [2.05, 4.69) is 15.4 Å². The molecule has 3 aliphatic heterocycles. The Labute approximate surface area is 116 Å². The van der Waals surface area contributed by atoms with E-state index in [4.69, 9.17) is 16.1 Å². The SMILES string of the molecule is Clc1ccc2c(N[C@@H]3CN4CCC3CC4)noc2c1. The molecule has 5 rings (SSSR count). The normalized spacial score (nSPS) is 29.8. The highest BCUT2D eigenvalue weighted by atomic mass is 35.5. The third-order valence-corrected chi connectivity index (χ3v) is 4.65. The molecule has 1 N–H and O–H groups in total. The van der Waals surface area contributed by atoms with Gasteiger partial charge < -0.3 is 14.7 Å². The van der Waals surface area contributed by atoms with Crippen LogP contribution in [0.3, 0.4) is 0 Å². The molecule has 3 saturated heterocycles. The van der Waals surface area contributed by atoms with Gasteiger partial charge in [-0.15, -0.1) is 0 Å². The Hall–Kier alpha value is -1.26. The van der Waals surface area contributed by atoms with E-state index in [0.29, 0.717) is 11.1 Å². The molecule has 1 atom stereocenters. The summed E-state index contributed by atoms with van der Waals surface area (Å²) in [5.41, 5.74) is 0.747. The van der Waals surface area contributed by atoms with E-state index in [1.807, 2.05) is 18.2 Å². The summed E-state index contributed by atoms with van der Waals surface area (Å²) in [5, 5.41) is 9.41. The van der Waals surface area contributed by atoms with Gasteiger partial charge in [-0.1, -0.05) is 16.8 Å². The van der Waals surface area contributed by atoms with Gasteiger partial charge in [0, 0.05) is 23.7 Å². The van der Waals surface area contributed by atoms with Crippen LogP contribution in [0.25, 0.3) is 11.0 Å². The topological polar surface area (TPSA) is 41.3 Å². The number of hydrogen-bond donors (Lipinski definition) is 1. The molecule has 2 bridgehead atoms. The molecule has 1 aromatic carbocycles. The number of nitrogens with zero attached hydrogens (tertiary/aromatic N) is 2. The molecule has 4 heterocycles. The first-order valence-corrected chi connectivity index (χ1v) is 7.21. The van der Waals surface area contributed by atoms with Gasteiger partial charge in [0.05, 0.1) is 5.39 Å². The van der Waals surface area contributed by atoms with Crippen molar-refractivity contribution >= 4 is 28.4 Å². The number of aromatic nitrogens is 1. The van der Waals surface area contributed by atoms with Crippen LogP contribution in [0.15, 0.2) is 22.7 Å². The van der Waals surface area contributed by atoms with Gasteiger partial charge in [0.15, 0.2) is 11.4 Å². The van der Waals surface area contributed by atoms with E-state index in [9.17, 15) is 0 Å². The number of halogens is 1. The summed E-state index contributed by atoms with van der Waals surface area (Å²) in [6.07, 6.45) is 2.58. The summed E-state index contributed by atoms with van der Waals surface area (Å²) >= 11 is 5.96. The molecule has 0 amide bonds. The molecule has 19 heavy (non-hydrogen) atoms. The Morgan fingerprint density at radius 3 is 2.89 bits per heavy atom. The van der Waals surface area contributed by atoms with Crippen molar-refractivity contribution in [2.24, 2.45) is 5.92 Å². The van der Waals surface area contributed by atoms with Crippen LogP contribution in [0.5, 0.6) is 0 Å². The molecule has 2 aromatic rings. The molecule has 3 fully saturated rings. The van der Waals surface area contributed by atoms with Gasteiger partial charge in [-0.3, -0.25) is 0 Å². The van der Waals surface area contributed by atoms with Gasteiger partial charge in [-0.05, 0) is 44.0 Å². The van der Waals surface area contributed by atoms with Gasteiger partial charge in [-0.2, -0.15) is 0 Å². The second-order valence-corrected chi connectivity index (χ2v) is 6.00. The maximum Gasteiger partial charge on any atom is 0.177 e. The van der Waals surface area contributed by atoms with Gasteiger partial charge in [0.1, 0.15) is 0 Å². The number of anilines is 1. The van der Waals surface area contributed by atoms with Crippen molar-refractivity contribution in [2.75, 3.05) is 25.0 Å². The zero-order valence-corrected chi connectivity index (χ0v) is 11.4. The number of fused-ring (bicyclic) bond motifs is 4. The van der Waals surface area contributed by atoms with Crippen LogP contribution in [0.2, 0.25) is 5.02 Å². The van der Waals surface area contributed by atoms with Gasteiger partial charge >= 0.3 is 0 Å². The second kappa shape index (κ2) is 4.39. The van der Waals surface area contributed by atoms with Crippen LogP contribution in [0.4, 0.5) is 5.82 Å². The first kappa shape index (κ1) is 11.6. The highest BCUT2D eigenvalue weighted by Gasteiger charge is 2.34. The molecule has 4 nitrogen and oxygen atoms in total. The summed E-state index contributed by atoms with van der Waals surface area (Å²) in [6, 6.07) is 6.15. The average Bonchev–Trinajstić information content (AvgIpc) is 2.82. The Morgan fingerprint density at radius 1 is 1.32 bits per heavy atom. The molecule has 0 radical (unpaired) electrons. The van der Waals surface area contributed by atoms with E-state index >= 15 is 0 Å². The molecule has 0 unspecified atom stereocenters. The first-order chi connectivity index (χ1) is 9.29. The van der Waals surface area contributed by atoms with E-state index in [1.54, 1.807) is 0 Å². The maximum absolute atomic E-state index is 5.96. The highest BCUT2D eigenvalue weighted by molar-refractivity contribution is 6.31. The number of piperidine rings is 3. The molecule has 100 valence electrons. The smallest absolute Gasteiger partial charge is 0.177 e. The Bertz CT molecular complexity index is 604. The third-order valence-electron chi connectivity index (χ3n) is 4.41. The van der Waals surface area contributed by atoms with Crippen molar-refractivity contribution in [3.8, 4) is 0 Å². The molecule has 1 aromatic heterocycles. The van der Waals surface area contributed by atoms with E-state index in [0.717, 1.165) is 29.2 Å². The summed E-state index contributed by atoms with van der Waals surface area (Å²) in [6.45, 7) is 3.61. The lowest BCUT2D eigenvalue weighted by Crippen LogP contribution is -2.53. The average molecular weight is 278 g/mol. The largest absolute Gasteiger partial charge is 0.362 e. The van der Waals surface area contributed by atoms with Crippen molar-refractivity contribution in [1.82, 2.24) is 10.1 Å². The maximum atomic E-state index is 5.96. The molecule has 0 aliphatic carbocycles. The quantitative estimate of drug-likeness (QED) is 0.916. The molecule has 3 aliphatic rings. The van der Waals surface area contributed by atoms with Crippen LogP contribution in [0, 0.1) is 5.92 Å². The fourth-order valence-corrected chi connectivity index (χ4v) is 3.48. The second-order valence-electron chi connectivity index (χ2n) is 5.56. The number of rotatable bonds is 2. The van der Waals surface area contributed by atoms with Gasteiger partial charge in [0.25, 0.3) is 0 Å². The van der Waals surface area contributed by atoms with Crippen molar-refractivity contribution in [3.05, 3.63) is 23.2 Å². The molecular weight excluding hydrogens is 262 g/mol. The number of nitrogens with one attached hydrogen (secondary N) is 1. The number of hydrogen-bond acceptors (Lipinski definition) is 4. The zero-order chi connectivity index (χ0) is 12.8. The predicted molar refractivity (Wildman–Crippen MR) is 75.6 cm³/mol.